The van der Waals surface area contributed by atoms with Gasteiger partial charge in [-0.1, -0.05) is 111 Å². The zero-order valence-electron chi connectivity index (χ0n) is 17.6. The molecule has 1 aromatic heterocycles. The Labute approximate surface area is 182 Å². The summed E-state index contributed by atoms with van der Waals surface area (Å²) in [5.74, 6) is 0.781. The Bertz CT molecular complexity index is 1430. The van der Waals surface area contributed by atoms with Crippen LogP contribution < -0.4 is 0 Å². The molecule has 0 N–H and O–H groups in total. The molecule has 0 atom stereocenters. The molecule has 6 rings (SSSR count). The maximum Gasteiger partial charge on any atom is 0.160 e. The Balaban J connectivity index is 1.73. The van der Waals surface area contributed by atoms with Crippen molar-refractivity contribution in [1.82, 2.24) is 9.97 Å². The maximum atomic E-state index is 5.17. The minimum absolute atomic E-state index is 0.221. The number of benzene rings is 4. The molecule has 2 heteroatoms. The van der Waals surface area contributed by atoms with Gasteiger partial charge in [0.15, 0.2) is 5.82 Å². The number of hydrogen-bond acceptors (Lipinski definition) is 2. The van der Waals surface area contributed by atoms with Crippen molar-refractivity contribution in [3.05, 3.63) is 108 Å². The minimum atomic E-state index is -0.221. The minimum Gasteiger partial charge on any atom is -0.231 e. The van der Waals surface area contributed by atoms with Crippen molar-refractivity contribution < 1.29 is 0 Å². The first-order chi connectivity index (χ1) is 15.1. The van der Waals surface area contributed by atoms with Crippen LogP contribution in [0.25, 0.3) is 44.5 Å². The van der Waals surface area contributed by atoms with Gasteiger partial charge in [-0.3, -0.25) is 0 Å². The Kier molecular flexibility index (Phi) is 3.85. The van der Waals surface area contributed by atoms with E-state index in [9.17, 15) is 0 Å². The average Bonchev–Trinajstić information content (AvgIpc) is 3.07. The smallest absolute Gasteiger partial charge is 0.160 e. The van der Waals surface area contributed by atoms with E-state index in [1.807, 2.05) is 18.2 Å². The highest BCUT2D eigenvalue weighted by atomic mass is 14.9. The van der Waals surface area contributed by atoms with Gasteiger partial charge in [-0.15, -0.1) is 0 Å². The van der Waals surface area contributed by atoms with E-state index in [0.717, 1.165) is 33.9 Å². The second-order valence-electron chi connectivity index (χ2n) is 8.69. The van der Waals surface area contributed by atoms with Gasteiger partial charge in [0.25, 0.3) is 0 Å². The summed E-state index contributed by atoms with van der Waals surface area (Å²) >= 11 is 0. The summed E-state index contributed by atoms with van der Waals surface area (Å²) in [7, 11) is 0. The first-order valence-electron chi connectivity index (χ1n) is 10.7. The van der Waals surface area contributed by atoms with Gasteiger partial charge in [0.05, 0.1) is 11.4 Å². The molecule has 1 aliphatic rings. The number of aromatic nitrogens is 2. The predicted molar refractivity (Wildman–Crippen MR) is 128 cm³/mol. The largest absolute Gasteiger partial charge is 0.231 e. The maximum absolute atomic E-state index is 5.17. The summed E-state index contributed by atoms with van der Waals surface area (Å²) in [6.45, 7) is 4.58. The van der Waals surface area contributed by atoms with Crippen LogP contribution in [0.2, 0.25) is 0 Å². The predicted octanol–water partition coefficient (Wildman–Crippen LogP) is 7.27. The molecule has 0 aliphatic heterocycles. The normalized spacial score (nSPS) is 13.7. The summed E-state index contributed by atoms with van der Waals surface area (Å²) in [6.07, 6.45) is 0. The lowest BCUT2D eigenvalue weighted by atomic mass is 9.82. The lowest BCUT2D eigenvalue weighted by Gasteiger charge is -2.22. The molecule has 0 spiro atoms. The second-order valence-corrected chi connectivity index (χ2v) is 8.69. The van der Waals surface area contributed by atoms with Crippen LogP contribution in [0.1, 0.15) is 25.1 Å². The molecule has 0 saturated carbocycles. The van der Waals surface area contributed by atoms with Gasteiger partial charge in [-0.05, 0) is 21.9 Å². The standard InChI is InChI=1S/C29H22N2/c1-29(2)25-22-16-10-9-11-19(22)17-18-23(25)24-26(20-12-5-3-6-13-20)30-28(31-27(24)29)21-14-7-4-8-15-21/h3-18H,1-2H3. The molecule has 0 amide bonds. The number of nitrogens with zero attached hydrogens (tertiary/aromatic N) is 2. The van der Waals surface area contributed by atoms with Crippen LogP contribution in [-0.2, 0) is 5.41 Å². The lowest BCUT2D eigenvalue weighted by molar-refractivity contribution is 0.641. The number of rotatable bonds is 2. The fourth-order valence-electron chi connectivity index (χ4n) is 4.96. The van der Waals surface area contributed by atoms with Crippen molar-refractivity contribution in [2.24, 2.45) is 0 Å². The Morgan fingerprint density at radius 1 is 0.613 bits per heavy atom. The monoisotopic (exact) mass is 398 g/mol. The lowest BCUT2D eigenvalue weighted by Crippen LogP contribution is -2.18. The SMILES string of the molecule is CC1(C)c2nc(-c3ccccc3)nc(-c3ccccc3)c2-c2ccc3ccccc3c21. The van der Waals surface area contributed by atoms with Crippen molar-refractivity contribution in [2.45, 2.75) is 19.3 Å². The third-order valence-corrected chi connectivity index (χ3v) is 6.40. The molecule has 0 saturated heterocycles. The van der Waals surface area contributed by atoms with E-state index in [2.05, 4.69) is 92.7 Å². The van der Waals surface area contributed by atoms with Crippen molar-refractivity contribution in [2.75, 3.05) is 0 Å². The third-order valence-electron chi connectivity index (χ3n) is 6.40. The highest BCUT2D eigenvalue weighted by Gasteiger charge is 2.41. The van der Waals surface area contributed by atoms with Gasteiger partial charge < -0.3 is 0 Å². The van der Waals surface area contributed by atoms with Crippen molar-refractivity contribution in [3.63, 3.8) is 0 Å². The highest BCUT2D eigenvalue weighted by molar-refractivity contribution is 6.00. The Hall–Kier alpha value is -3.78. The van der Waals surface area contributed by atoms with Crippen molar-refractivity contribution in [1.29, 1.82) is 0 Å². The van der Waals surface area contributed by atoms with E-state index in [1.54, 1.807) is 0 Å². The third kappa shape index (κ3) is 2.65. The van der Waals surface area contributed by atoms with Crippen LogP contribution in [0.5, 0.6) is 0 Å². The van der Waals surface area contributed by atoms with Gasteiger partial charge in [0, 0.05) is 22.1 Å². The zero-order valence-corrected chi connectivity index (χ0v) is 17.6. The Morgan fingerprint density at radius 2 is 1.26 bits per heavy atom. The van der Waals surface area contributed by atoms with Gasteiger partial charge >= 0.3 is 0 Å². The quantitative estimate of drug-likeness (QED) is 0.312. The summed E-state index contributed by atoms with van der Waals surface area (Å²) in [4.78, 5) is 10.3. The molecule has 2 nitrogen and oxygen atoms in total. The molecule has 0 fully saturated rings. The van der Waals surface area contributed by atoms with Crippen LogP contribution in [0.3, 0.4) is 0 Å². The number of hydrogen-bond donors (Lipinski definition) is 0. The van der Waals surface area contributed by atoms with Gasteiger partial charge in [0.1, 0.15) is 0 Å². The molecular formula is C29H22N2. The molecular weight excluding hydrogens is 376 g/mol. The van der Waals surface area contributed by atoms with Crippen LogP contribution in [0.15, 0.2) is 97.1 Å². The molecule has 5 aromatic rings. The summed E-state index contributed by atoms with van der Waals surface area (Å²) in [6, 6.07) is 33.9. The molecule has 0 radical (unpaired) electrons. The van der Waals surface area contributed by atoms with E-state index >= 15 is 0 Å². The van der Waals surface area contributed by atoms with Crippen LogP contribution >= 0.6 is 0 Å². The zero-order chi connectivity index (χ0) is 21.0. The van der Waals surface area contributed by atoms with Crippen molar-refractivity contribution in [3.8, 4) is 33.8 Å². The van der Waals surface area contributed by atoms with Crippen LogP contribution in [0, 0.1) is 0 Å². The van der Waals surface area contributed by atoms with Gasteiger partial charge in [-0.2, -0.15) is 0 Å². The summed E-state index contributed by atoms with van der Waals surface area (Å²) in [5, 5.41) is 2.56. The first kappa shape index (κ1) is 18.0. The molecule has 0 bridgehead atoms. The van der Waals surface area contributed by atoms with Gasteiger partial charge in [-0.25, -0.2) is 9.97 Å². The van der Waals surface area contributed by atoms with E-state index in [1.165, 1.54) is 21.9 Å². The molecule has 31 heavy (non-hydrogen) atoms. The second kappa shape index (κ2) is 6.61. The topological polar surface area (TPSA) is 25.8 Å². The fraction of sp³-hybridized carbons (Fsp3) is 0.103. The van der Waals surface area contributed by atoms with Crippen molar-refractivity contribution >= 4 is 10.8 Å². The summed E-state index contributed by atoms with van der Waals surface area (Å²) < 4.78 is 0. The average molecular weight is 399 g/mol. The molecule has 148 valence electrons. The van der Waals surface area contributed by atoms with E-state index in [-0.39, 0.29) is 5.41 Å². The first-order valence-corrected chi connectivity index (χ1v) is 10.7. The van der Waals surface area contributed by atoms with Crippen LogP contribution in [0.4, 0.5) is 0 Å². The van der Waals surface area contributed by atoms with E-state index < -0.39 is 0 Å². The van der Waals surface area contributed by atoms with E-state index in [0.29, 0.717) is 0 Å². The van der Waals surface area contributed by atoms with Crippen LogP contribution in [-0.4, -0.2) is 9.97 Å². The highest BCUT2D eigenvalue weighted by Crippen LogP contribution is 2.53. The molecule has 1 aliphatic carbocycles. The fourth-order valence-corrected chi connectivity index (χ4v) is 4.96. The summed E-state index contributed by atoms with van der Waals surface area (Å²) in [5.41, 5.74) is 7.81. The molecule has 0 unspecified atom stereocenters. The molecule has 4 aromatic carbocycles. The molecule has 1 heterocycles. The number of fused-ring (bicyclic) bond motifs is 5. The van der Waals surface area contributed by atoms with Gasteiger partial charge in [0.2, 0.25) is 0 Å². The Morgan fingerprint density at radius 3 is 2.00 bits per heavy atom. The van der Waals surface area contributed by atoms with E-state index in [4.69, 9.17) is 9.97 Å².